The molecule has 1 N–H and O–H groups in total. The van der Waals surface area contributed by atoms with Crippen molar-refractivity contribution in [3.05, 3.63) is 0 Å². The van der Waals surface area contributed by atoms with Crippen LogP contribution in [-0.4, -0.2) is 58.0 Å². The standard InChI is InChI=1S/C10H20N2O3/c1-10(6-14-8-15-7-10)9(13)11-4-5-12(2)3/h4-8H2,1-3H3,(H,11,13). The molecule has 0 bridgehead atoms. The summed E-state index contributed by atoms with van der Waals surface area (Å²) < 4.78 is 10.3. The lowest BCUT2D eigenvalue weighted by atomic mass is 9.91. The molecule has 0 unspecified atom stereocenters. The van der Waals surface area contributed by atoms with Crippen molar-refractivity contribution >= 4 is 5.91 Å². The summed E-state index contributed by atoms with van der Waals surface area (Å²) in [5.74, 6) is 0.00375. The minimum atomic E-state index is -0.537. The molecule has 0 aliphatic carbocycles. The van der Waals surface area contributed by atoms with E-state index in [9.17, 15) is 4.79 Å². The molecular weight excluding hydrogens is 196 g/mol. The quantitative estimate of drug-likeness (QED) is 0.699. The SMILES string of the molecule is CN(C)CCNC(=O)C1(C)COCOC1. The van der Waals surface area contributed by atoms with Gasteiger partial charge in [-0.15, -0.1) is 0 Å². The number of rotatable bonds is 4. The molecule has 1 aliphatic heterocycles. The van der Waals surface area contributed by atoms with Gasteiger partial charge in [0.2, 0.25) is 5.91 Å². The Morgan fingerprint density at radius 2 is 2.00 bits per heavy atom. The second-order valence-corrected chi connectivity index (χ2v) is 4.43. The van der Waals surface area contributed by atoms with E-state index in [-0.39, 0.29) is 5.91 Å². The van der Waals surface area contributed by atoms with Crippen molar-refractivity contribution in [1.29, 1.82) is 0 Å². The topological polar surface area (TPSA) is 50.8 Å². The van der Waals surface area contributed by atoms with Crippen molar-refractivity contribution in [2.75, 3.05) is 47.2 Å². The summed E-state index contributed by atoms with van der Waals surface area (Å²) in [4.78, 5) is 13.8. The molecule has 1 amide bonds. The number of carbonyl (C=O) groups is 1. The van der Waals surface area contributed by atoms with E-state index in [0.717, 1.165) is 6.54 Å². The third-order valence-electron chi connectivity index (χ3n) is 2.40. The van der Waals surface area contributed by atoms with Crippen LogP contribution in [0.2, 0.25) is 0 Å². The maximum atomic E-state index is 11.8. The molecule has 0 saturated carbocycles. The fourth-order valence-corrected chi connectivity index (χ4v) is 1.37. The van der Waals surface area contributed by atoms with Crippen LogP contribution in [0.3, 0.4) is 0 Å². The summed E-state index contributed by atoms with van der Waals surface area (Å²) >= 11 is 0. The number of nitrogens with zero attached hydrogens (tertiary/aromatic N) is 1. The zero-order chi connectivity index (χ0) is 11.3. The highest BCUT2D eigenvalue weighted by Gasteiger charge is 2.36. The van der Waals surface area contributed by atoms with Crippen molar-refractivity contribution in [2.45, 2.75) is 6.92 Å². The van der Waals surface area contributed by atoms with E-state index < -0.39 is 5.41 Å². The number of hydrogen-bond donors (Lipinski definition) is 1. The van der Waals surface area contributed by atoms with Crippen LogP contribution >= 0.6 is 0 Å². The molecule has 88 valence electrons. The summed E-state index contributed by atoms with van der Waals surface area (Å²) in [5.41, 5.74) is -0.537. The molecule has 0 aromatic rings. The van der Waals surface area contributed by atoms with Gasteiger partial charge in [-0.25, -0.2) is 0 Å². The van der Waals surface area contributed by atoms with Crippen LogP contribution in [0.1, 0.15) is 6.92 Å². The molecule has 5 nitrogen and oxygen atoms in total. The summed E-state index contributed by atoms with van der Waals surface area (Å²) in [7, 11) is 3.95. The van der Waals surface area contributed by atoms with Gasteiger partial charge in [0.25, 0.3) is 0 Å². The molecule has 0 atom stereocenters. The van der Waals surface area contributed by atoms with E-state index in [1.54, 1.807) is 0 Å². The van der Waals surface area contributed by atoms with Gasteiger partial charge in [0, 0.05) is 13.1 Å². The Morgan fingerprint density at radius 3 is 2.53 bits per heavy atom. The minimum Gasteiger partial charge on any atom is -0.354 e. The average Bonchev–Trinajstić information content (AvgIpc) is 2.18. The molecule has 5 heteroatoms. The van der Waals surface area contributed by atoms with E-state index in [1.165, 1.54) is 0 Å². The summed E-state index contributed by atoms with van der Waals surface area (Å²) in [6.45, 7) is 4.50. The maximum Gasteiger partial charge on any atom is 0.230 e. The molecule has 1 rings (SSSR count). The smallest absolute Gasteiger partial charge is 0.230 e. The van der Waals surface area contributed by atoms with E-state index >= 15 is 0 Å². The largest absolute Gasteiger partial charge is 0.354 e. The molecule has 0 aromatic heterocycles. The Bertz CT molecular complexity index is 213. The van der Waals surface area contributed by atoms with Crippen molar-refractivity contribution in [3.63, 3.8) is 0 Å². The van der Waals surface area contributed by atoms with Gasteiger partial charge in [-0.1, -0.05) is 0 Å². The lowest BCUT2D eigenvalue weighted by Gasteiger charge is -2.31. The van der Waals surface area contributed by atoms with Gasteiger partial charge in [0.1, 0.15) is 6.79 Å². The highest BCUT2D eigenvalue weighted by atomic mass is 16.7. The first-order valence-corrected chi connectivity index (χ1v) is 5.13. The van der Waals surface area contributed by atoms with Crippen molar-refractivity contribution in [3.8, 4) is 0 Å². The molecule has 1 fully saturated rings. The summed E-state index contributed by atoms with van der Waals surface area (Å²) in [5, 5.41) is 2.88. The first kappa shape index (κ1) is 12.4. The monoisotopic (exact) mass is 216 g/mol. The van der Waals surface area contributed by atoms with Crippen LogP contribution in [0.15, 0.2) is 0 Å². The van der Waals surface area contributed by atoms with Gasteiger partial charge < -0.3 is 19.7 Å². The second-order valence-electron chi connectivity index (χ2n) is 4.43. The van der Waals surface area contributed by atoms with Crippen molar-refractivity contribution in [2.24, 2.45) is 5.41 Å². The first-order chi connectivity index (χ1) is 7.04. The van der Waals surface area contributed by atoms with Crippen LogP contribution in [-0.2, 0) is 14.3 Å². The molecule has 1 heterocycles. The molecular formula is C10H20N2O3. The number of nitrogens with one attached hydrogen (secondary N) is 1. The average molecular weight is 216 g/mol. The molecule has 0 spiro atoms. The number of carbonyl (C=O) groups excluding carboxylic acids is 1. The summed E-state index contributed by atoms with van der Waals surface area (Å²) in [6.07, 6.45) is 0. The predicted molar refractivity (Wildman–Crippen MR) is 56.4 cm³/mol. The molecule has 0 aromatic carbocycles. The molecule has 15 heavy (non-hydrogen) atoms. The van der Waals surface area contributed by atoms with Gasteiger partial charge in [0.15, 0.2) is 0 Å². The predicted octanol–water partition coefficient (Wildman–Crippen LogP) is -0.325. The van der Waals surface area contributed by atoms with Gasteiger partial charge in [-0.2, -0.15) is 0 Å². The van der Waals surface area contributed by atoms with E-state index in [4.69, 9.17) is 9.47 Å². The highest BCUT2D eigenvalue weighted by molar-refractivity contribution is 5.82. The van der Waals surface area contributed by atoms with Crippen LogP contribution in [0.4, 0.5) is 0 Å². The fourth-order valence-electron chi connectivity index (χ4n) is 1.37. The van der Waals surface area contributed by atoms with Crippen LogP contribution < -0.4 is 5.32 Å². The lowest BCUT2D eigenvalue weighted by Crippen LogP contribution is -2.49. The Balaban J connectivity index is 2.31. The van der Waals surface area contributed by atoms with E-state index in [0.29, 0.717) is 26.6 Å². The van der Waals surface area contributed by atoms with Crippen molar-refractivity contribution < 1.29 is 14.3 Å². The number of likely N-dealkylation sites (N-methyl/N-ethyl adjacent to an activating group) is 1. The van der Waals surface area contributed by atoms with Crippen LogP contribution in [0.5, 0.6) is 0 Å². The van der Waals surface area contributed by atoms with Crippen LogP contribution in [0.25, 0.3) is 0 Å². The van der Waals surface area contributed by atoms with E-state index in [1.807, 2.05) is 25.9 Å². The van der Waals surface area contributed by atoms with Gasteiger partial charge >= 0.3 is 0 Å². The van der Waals surface area contributed by atoms with Gasteiger partial charge in [-0.3, -0.25) is 4.79 Å². The van der Waals surface area contributed by atoms with Crippen molar-refractivity contribution in [1.82, 2.24) is 10.2 Å². The van der Waals surface area contributed by atoms with Gasteiger partial charge in [0.05, 0.1) is 18.6 Å². The Morgan fingerprint density at radius 1 is 1.40 bits per heavy atom. The third kappa shape index (κ3) is 3.77. The Hall–Kier alpha value is -0.650. The number of amides is 1. The van der Waals surface area contributed by atoms with Crippen LogP contribution in [0, 0.1) is 5.41 Å². The fraction of sp³-hybridized carbons (Fsp3) is 0.900. The summed E-state index contributed by atoms with van der Waals surface area (Å²) in [6, 6.07) is 0. The minimum absolute atomic E-state index is 0.00375. The molecule has 1 saturated heterocycles. The first-order valence-electron chi connectivity index (χ1n) is 5.13. The number of ether oxygens (including phenoxy) is 2. The molecule has 1 aliphatic rings. The second kappa shape index (κ2) is 5.44. The lowest BCUT2D eigenvalue weighted by molar-refractivity contribution is -0.173. The zero-order valence-corrected chi connectivity index (χ0v) is 9.71. The Labute approximate surface area is 90.7 Å². The third-order valence-corrected chi connectivity index (χ3v) is 2.40. The number of hydrogen-bond acceptors (Lipinski definition) is 4. The molecule has 0 radical (unpaired) electrons. The highest BCUT2D eigenvalue weighted by Crippen LogP contribution is 2.21. The Kier molecular flexibility index (Phi) is 4.50. The normalized spacial score (nSPS) is 20.3. The zero-order valence-electron chi connectivity index (χ0n) is 9.71. The van der Waals surface area contributed by atoms with Gasteiger partial charge in [-0.05, 0) is 21.0 Å². The maximum absolute atomic E-state index is 11.8. The van der Waals surface area contributed by atoms with E-state index in [2.05, 4.69) is 5.32 Å².